The molecule has 1 aliphatic rings. The number of rotatable bonds is 5. The molecule has 0 bridgehead atoms. The van der Waals surface area contributed by atoms with E-state index >= 15 is 0 Å². The van der Waals surface area contributed by atoms with E-state index in [9.17, 15) is 9.90 Å². The van der Waals surface area contributed by atoms with Gasteiger partial charge in [-0.3, -0.25) is 0 Å². The zero-order chi connectivity index (χ0) is 22.4. The Hall–Kier alpha value is -3.51. The number of benzene rings is 3. The monoisotopic (exact) mass is 447 g/mol. The number of hydrogen-bond donors (Lipinski definition) is 2. The van der Waals surface area contributed by atoms with E-state index in [1.165, 1.54) is 17.3 Å². The third-order valence-corrected chi connectivity index (χ3v) is 6.28. The Morgan fingerprint density at radius 3 is 2.84 bits per heavy atom. The molecule has 0 aliphatic carbocycles. The lowest BCUT2D eigenvalue weighted by Gasteiger charge is -2.16. The maximum atomic E-state index is 11.4. The number of likely N-dealkylation sites (N-methyl/N-ethyl adjacent to an activating group) is 1. The number of aryl methyl sites for hydroxylation is 1. The van der Waals surface area contributed by atoms with E-state index in [0.29, 0.717) is 16.3 Å². The van der Waals surface area contributed by atoms with Gasteiger partial charge in [0.05, 0.1) is 21.6 Å². The molecular weight excluding hydrogens is 426 g/mol. The Morgan fingerprint density at radius 2 is 2.06 bits per heavy atom. The molecular formula is C25H22ClN3O3. The maximum absolute atomic E-state index is 11.4. The van der Waals surface area contributed by atoms with Crippen molar-refractivity contribution in [1.82, 2.24) is 9.97 Å². The predicted molar refractivity (Wildman–Crippen MR) is 126 cm³/mol. The number of aromatic nitrogens is 2. The van der Waals surface area contributed by atoms with Crippen molar-refractivity contribution < 1.29 is 14.6 Å². The van der Waals surface area contributed by atoms with Crippen LogP contribution in [0.3, 0.4) is 0 Å². The van der Waals surface area contributed by atoms with Crippen molar-refractivity contribution in [2.75, 3.05) is 18.0 Å². The minimum absolute atomic E-state index is 0.196. The second kappa shape index (κ2) is 7.88. The number of carbonyl (C=O) groups is 1. The first kappa shape index (κ1) is 20.4. The summed E-state index contributed by atoms with van der Waals surface area (Å²) in [6.45, 7) is 5.97. The molecule has 0 saturated carbocycles. The molecule has 0 saturated heterocycles. The van der Waals surface area contributed by atoms with Gasteiger partial charge in [0.15, 0.2) is 0 Å². The molecule has 0 amide bonds. The smallest absolute Gasteiger partial charge is 0.336 e. The third-order valence-electron chi connectivity index (χ3n) is 5.97. The van der Waals surface area contributed by atoms with E-state index in [0.717, 1.165) is 41.7 Å². The lowest BCUT2D eigenvalue weighted by molar-refractivity contribution is 0.0695. The van der Waals surface area contributed by atoms with Crippen LogP contribution in [-0.2, 0) is 6.42 Å². The second-order valence-corrected chi connectivity index (χ2v) is 8.36. The standard InChI is InChI=1S/C25H22ClN3O3/c1-3-29-9-8-16-10-15(5-7-23(16)29)19-12-21-22(13-20(19)26)28-25(27-21)32-17-6-4-14(2)18(11-17)24(30)31/h4-7,10-13H,3,8-9H2,1-2H3,(H,27,28)(H,30,31). The van der Waals surface area contributed by atoms with E-state index in [4.69, 9.17) is 16.3 Å². The van der Waals surface area contributed by atoms with Crippen molar-refractivity contribution in [1.29, 1.82) is 0 Å². The molecule has 162 valence electrons. The summed E-state index contributed by atoms with van der Waals surface area (Å²) in [6, 6.07) is 15.5. The summed E-state index contributed by atoms with van der Waals surface area (Å²) in [7, 11) is 0. The van der Waals surface area contributed by atoms with Gasteiger partial charge in [0, 0.05) is 24.3 Å². The first-order chi connectivity index (χ1) is 15.4. The Labute approximate surface area is 190 Å². The van der Waals surface area contributed by atoms with Crippen LogP contribution < -0.4 is 9.64 Å². The van der Waals surface area contributed by atoms with Gasteiger partial charge >= 0.3 is 5.97 Å². The normalized spacial score (nSPS) is 12.9. The molecule has 0 radical (unpaired) electrons. The second-order valence-electron chi connectivity index (χ2n) is 7.95. The first-order valence-electron chi connectivity index (χ1n) is 10.5. The van der Waals surface area contributed by atoms with Crippen molar-refractivity contribution in [3.63, 3.8) is 0 Å². The maximum Gasteiger partial charge on any atom is 0.336 e. The molecule has 1 aromatic heterocycles. The average Bonchev–Trinajstić information content (AvgIpc) is 3.36. The van der Waals surface area contributed by atoms with Crippen molar-refractivity contribution in [3.8, 4) is 22.9 Å². The van der Waals surface area contributed by atoms with E-state index in [2.05, 4.69) is 40.0 Å². The number of H-pyrrole nitrogens is 1. The molecule has 0 unspecified atom stereocenters. The molecule has 3 aromatic carbocycles. The number of carboxylic acid groups (broad SMARTS) is 1. The zero-order valence-electron chi connectivity index (χ0n) is 17.8. The number of aromatic amines is 1. The van der Waals surface area contributed by atoms with Gasteiger partial charge in [-0.05, 0) is 73.4 Å². The number of aromatic carboxylic acids is 1. The average molecular weight is 448 g/mol. The van der Waals surface area contributed by atoms with Crippen molar-refractivity contribution in [3.05, 3.63) is 70.2 Å². The number of halogens is 1. The van der Waals surface area contributed by atoms with Gasteiger partial charge in [-0.1, -0.05) is 23.7 Å². The van der Waals surface area contributed by atoms with Gasteiger partial charge in [-0.15, -0.1) is 0 Å². The van der Waals surface area contributed by atoms with Crippen LogP contribution in [0.5, 0.6) is 11.8 Å². The number of ether oxygens (including phenoxy) is 1. The number of fused-ring (bicyclic) bond motifs is 2. The highest BCUT2D eigenvalue weighted by atomic mass is 35.5. The van der Waals surface area contributed by atoms with E-state index < -0.39 is 5.97 Å². The highest BCUT2D eigenvalue weighted by Crippen LogP contribution is 2.37. The summed E-state index contributed by atoms with van der Waals surface area (Å²) in [5.74, 6) is -0.595. The quantitative estimate of drug-likeness (QED) is 0.388. The number of hydrogen-bond acceptors (Lipinski definition) is 4. The minimum atomic E-state index is -0.995. The summed E-state index contributed by atoms with van der Waals surface area (Å²) in [5, 5.41) is 9.96. The van der Waals surface area contributed by atoms with Crippen LogP contribution >= 0.6 is 11.6 Å². The van der Waals surface area contributed by atoms with Gasteiger partial charge in [-0.2, -0.15) is 4.98 Å². The van der Waals surface area contributed by atoms with Crippen LogP contribution in [0.1, 0.15) is 28.4 Å². The van der Waals surface area contributed by atoms with Crippen molar-refractivity contribution >= 4 is 34.3 Å². The lowest BCUT2D eigenvalue weighted by atomic mass is 10.0. The third kappa shape index (κ3) is 3.56. The Morgan fingerprint density at radius 1 is 1.22 bits per heavy atom. The van der Waals surface area contributed by atoms with Crippen molar-refractivity contribution in [2.24, 2.45) is 0 Å². The predicted octanol–water partition coefficient (Wildman–Crippen LogP) is 6.06. The summed E-state index contributed by atoms with van der Waals surface area (Å²) < 4.78 is 5.80. The summed E-state index contributed by atoms with van der Waals surface area (Å²) in [6.07, 6.45) is 1.03. The van der Waals surface area contributed by atoms with Crippen LogP contribution in [0.15, 0.2) is 48.5 Å². The summed E-state index contributed by atoms with van der Waals surface area (Å²) >= 11 is 6.62. The van der Waals surface area contributed by atoms with Crippen molar-refractivity contribution in [2.45, 2.75) is 20.3 Å². The van der Waals surface area contributed by atoms with Gasteiger partial charge in [0.25, 0.3) is 6.01 Å². The largest absolute Gasteiger partial charge is 0.478 e. The van der Waals surface area contributed by atoms with E-state index in [1.807, 2.05) is 12.1 Å². The van der Waals surface area contributed by atoms with Crippen LogP contribution in [0.25, 0.3) is 22.2 Å². The Bertz CT molecular complexity index is 1360. The fourth-order valence-electron chi connectivity index (χ4n) is 4.25. The molecule has 7 heteroatoms. The van der Waals surface area contributed by atoms with Crippen LogP contribution in [0, 0.1) is 6.92 Å². The van der Waals surface area contributed by atoms with Gasteiger partial charge in [-0.25, -0.2) is 4.79 Å². The molecule has 1 aliphatic heterocycles. The number of imidazole rings is 1. The van der Waals surface area contributed by atoms with Gasteiger partial charge < -0.3 is 19.7 Å². The van der Waals surface area contributed by atoms with Gasteiger partial charge in [0.2, 0.25) is 0 Å². The fourth-order valence-corrected chi connectivity index (χ4v) is 4.52. The minimum Gasteiger partial charge on any atom is -0.478 e. The zero-order valence-corrected chi connectivity index (χ0v) is 18.5. The highest BCUT2D eigenvalue weighted by molar-refractivity contribution is 6.34. The molecule has 0 spiro atoms. The first-order valence-corrected chi connectivity index (χ1v) is 10.9. The molecule has 0 atom stereocenters. The molecule has 2 N–H and O–H groups in total. The van der Waals surface area contributed by atoms with Crippen LogP contribution in [0.4, 0.5) is 5.69 Å². The van der Waals surface area contributed by atoms with Gasteiger partial charge in [0.1, 0.15) is 5.75 Å². The lowest BCUT2D eigenvalue weighted by Crippen LogP contribution is -2.18. The molecule has 0 fully saturated rings. The number of nitrogens with one attached hydrogen (secondary N) is 1. The fraction of sp³-hybridized carbons (Fsp3) is 0.200. The van der Waals surface area contributed by atoms with Crippen LogP contribution in [-0.4, -0.2) is 34.1 Å². The summed E-state index contributed by atoms with van der Waals surface area (Å²) in [5.41, 5.74) is 6.94. The highest BCUT2D eigenvalue weighted by Gasteiger charge is 2.19. The molecule has 6 nitrogen and oxygen atoms in total. The van der Waals surface area contributed by atoms with E-state index in [1.54, 1.807) is 19.1 Å². The van der Waals surface area contributed by atoms with E-state index in [-0.39, 0.29) is 11.6 Å². The molecule has 4 aromatic rings. The molecule has 5 rings (SSSR count). The summed E-state index contributed by atoms with van der Waals surface area (Å²) in [4.78, 5) is 21.4. The SMILES string of the molecule is CCN1CCc2cc(-c3cc4nc(Oc5ccc(C)c(C(=O)O)c5)[nH]c4cc3Cl)ccc21. The van der Waals surface area contributed by atoms with Crippen LogP contribution in [0.2, 0.25) is 5.02 Å². The topological polar surface area (TPSA) is 78.5 Å². The number of carboxylic acids is 1. The number of anilines is 1. The molecule has 32 heavy (non-hydrogen) atoms. The Balaban J connectivity index is 1.48. The number of nitrogens with zero attached hydrogens (tertiary/aromatic N) is 2. The molecule has 2 heterocycles. The Kier molecular flexibility index (Phi) is 5.02.